The highest BCUT2D eigenvalue weighted by atomic mass is 16.5. The van der Waals surface area contributed by atoms with Crippen LogP contribution in [0, 0.1) is 13.8 Å². The van der Waals surface area contributed by atoms with Gasteiger partial charge in [-0.3, -0.25) is 0 Å². The molecule has 0 saturated carbocycles. The minimum absolute atomic E-state index is 0.368. The van der Waals surface area contributed by atoms with E-state index in [2.05, 4.69) is 9.88 Å². The molecule has 0 bridgehead atoms. The van der Waals surface area contributed by atoms with Gasteiger partial charge in [-0.05, 0) is 43.7 Å². The van der Waals surface area contributed by atoms with Gasteiger partial charge in [0.1, 0.15) is 11.5 Å². The van der Waals surface area contributed by atoms with Crippen LogP contribution >= 0.6 is 0 Å². The first-order valence-electron chi connectivity index (χ1n) is 8.79. The van der Waals surface area contributed by atoms with Crippen LogP contribution in [-0.4, -0.2) is 22.8 Å². The number of ether oxygens (including phenoxy) is 1. The van der Waals surface area contributed by atoms with Crippen molar-refractivity contribution in [2.24, 2.45) is 0 Å². The molecule has 0 spiro atoms. The molecule has 27 heavy (non-hydrogen) atoms. The van der Waals surface area contributed by atoms with E-state index in [0.717, 1.165) is 34.0 Å². The molecule has 0 aliphatic rings. The first-order valence-corrected chi connectivity index (χ1v) is 8.79. The van der Waals surface area contributed by atoms with E-state index in [4.69, 9.17) is 9.15 Å². The van der Waals surface area contributed by atoms with Crippen molar-refractivity contribution in [1.29, 1.82) is 0 Å². The van der Waals surface area contributed by atoms with Crippen molar-refractivity contribution in [3.63, 3.8) is 0 Å². The highest BCUT2D eigenvalue weighted by molar-refractivity contribution is 5.91. The molecule has 0 unspecified atom stereocenters. The molecule has 3 aromatic rings. The smallest absolute Gasteiger partial charge is 0.337 e. The van der Waals surface area contributed by atoms with Crippen LogP contribution < -0.4 is 10.1 Å². The van der Waals surface area contributed by atoms with E-state index in [1.807, 2.05) is 50.2 Å². The maximum atomic E-state index is 11.9. The van der Waals surface area contributed by atoms with Crippen LogP contribution in [-0.2, 0) is 19.6 Å². The summed E-state index contributed by atoms with van der Waals surface area (Å²) in [6.45, 7) is 5.45. The fourth-order valence-corrected chi connectivity index (χ4v) is 3.32. The fourth-order valence-electron chi connectivity index (χ4n) is 3.32. The lowest BCUT2D eigenvalue weighted by molar-refractivity contribution is 0.0694. The Bertz CT molecular complexity index is 909. The quantitative estimate of drug-likeness (QED) is 0.633. The summed E-state index contributed by atoms with van der Waals surface area (Å²) in [5, 5.41) is 13.0. The Morgan fingerprint density at radius 3 is 2.48 bits per heavy atom. The largest absolute Gasteiger partial charge is 0.497 e. The molecule has 2 N–H and O–H groups in total. The van der Waals surface area contributed by atoms with Crippen LogP contribution in [0.5, 0.6) is 5.75 Å². The Labute approximate surface area is 158 Å². The van der Waals surface area contributed by atoms with Crippen molar-refractivity contribution in [3.8, 4) is 5.75 Å². The van der Waals surface area contributed by atoms with Crippen molar-refractivity contribution in [1.82, 2.24) is 9.88 Å². The summed E-state index contributed by atoms with van der Waals surface area (Å²) in [6, 6.07) is 11.5. The number of aromatic carboxylic acids is 1. The van der Waals surface area contributed by atoms with Crippen LogP contribution in [0.3, 0.4) is 0 Å². The van der Waals surface area contributed by atoms with Crippen molar-refractivity contribution in [2.75, 3.05) is 7.11 Å². The predicted molar refractivity (Wildman–Crippen MR) is 102 cm³/mol. The molecular formula is C21H24N2O4. The second-order valence-electron chi connectivity index (χ2n) is 6.45. The van der Waals surface area contributed by atoms with Gasteiger partial charge >= 0.3 is 5.97 Å². The highest BCUT2D eigenvalue weighted by Gasteiger charge is 2.22. The molecule has 3 rings (SSSR count). The standard InChI is InChI=1S/C21H24N2O4/c1-14-19(12-22-11-18-5-4-10-27-18)20(21(24)25)15(2)23(14)13-16-6-8-17(26-3)9-7-16/h4-10,22H,11-13H2,1-3H3,(H,24,25). The molecule has 0 atom stereocenters. The van der Waals surface area contributed by atoms with Crippen molar-refractivity contribution in [2.45, 2.75) is 33.5 Å². The van der Waals surface area contributed by atoms with Gasteiger partial charge in [-0.15, -0.1) is 0 Å². The van der Waals surface area contributed by atoms with Crippen molar-refractivity contribution >= 4 is 5.97 Å². The molecule has 2 aromatic heterocycles. The number of nitrogens with zero attached hydrogens (tertiary/aromatic N) is 1. The molecule has 6 nitrogen and oxygen atoms in total. The minimum Gasteiger partial charge on any atom is -0.497 e. The number of carbonyl (C=O) groups is 1. The molecule has 0 radical (unpaired) electrons. The molecule has 0 amide bonds. The number of methoxy groups -OCH3 is 1. The van der Waals surface area contributed by atoms with Gasteiger partial charge < -0.3 is 24.1 Å². The zero-order valence-corrected chi connectivity index (χ0v) is 15.8. The van der Waals surface area contributed by atoms with E-state index >= 15 is 0 Å². The molecule has 1 aromatic carbocycles. The van der Waals surface area contributed by atoms with Gasteiger partial charge in [0.05, 0.1) is 25.5 Å². The maximum Gasteiger partial charge on any atom is 0.337 e. The third kappa shape index (κ3) is 4.06. The normalized spacial score (nSPS) is 10.9. The summed E-state index contributed by atoms with van der Waals surface area (Å²) in [4.78, 5) is 11.9. The summed E-state index contributed by atoms with van der Waals surface area (Å²) >= 11 is 0. The van der Waals surface area contributed by atoms with E-state index in [-0.39, 0.29) is 0 Å². The van der Waals surface area contributed by atoms with Crippen molar-refractivity contribution in [3.05, 3.63) is 76.5 Å². The number of carboxylic acid groups (broad SMARTS) is 1. The van der Waals surface area contributed by atoms with Gasteiger partial charge in [0, 0.05) is 30.0 Å². The maximum absolute atomic E-state index is 11.9. The third-order valence-corrected chi connectivity index (χ3v) is 4.80. The Balaban J connectivity index is 1.84. The summed E-state index contributed by atoms with van der Waals surface area (Å²) < 4.78 is 12.6. The number of aromatic nitrogens is 1. The van der Waals surface area contributed by atoms with Gasteiger partial charge in [0.2, 0.25) is 0 Å². The fraction of sp³-hybridized carbons (Fsp3) is 0.286. The first-order chi connectivity index (χ1) is 13.0. The van der Waals surface area contributed by atoms with E-state index in [0.29, 0.717) is 25.2 Å². The number of nitrogens with one attached hydrogen (secondary N) is 1. The Kier molecular flexibility index (Phi) is 5.66. The van der Waals surface area contributed by atoms with Crippen LogP contribution in [0.15, 0.2) is 47.1 Å². The van der Waals surface area contributed by atoms with Crippen LogP contribution in [0.4, 0.5) is 0 Å². The molecular weight excluding hydrogens is 344 g/mol. The van der Waals surface area contributed by atoms with E-state index < -0.39 is 5.97 Å². The molecule has 0 fully saturated rings. The summed E-state index contributed by atoms with van der Waals surface area (Å²) in [6.07, 6.45) is 1.63. The predicted octanol–water partition coefficient (Wildman–Crippen LogP) is 3.74. The number of rotatable bonds is 8. The van der Waals surface area contributed by atoms with Gasteiger partial charge in [-0.25, -0.2) is 4.79 Å². The lowest BCUT2D eigenvalue weighted by Gasteiger charge is -2.11. The van der Waals surface area contributed by atoms with E-state index in [1.165, 1.54) is 0 Å². The van der Waals surface area contributed by atoms with E-state index in [9.17, 15) is 9.90 Å². The molecule has 0 saturated heterocycles. The average Bonchev–Trinajstić information content (AvgIpc) is 3.25. The minimum atomic E-state index is -0.904. The van der Waals surface area contributed by atoms with Crippen LogP contribution in [0.25, 0.3) is 0 Å². The number of hydrogen-bond donors (Lipinski definition) is 2. The summed E-state index contributed by atoms with van der Waals surface area (Å²) in [5.41, 5.74) is 3.97. The second-order valence-corrected chi connectivity index (χ2v) is 6.45. The second kappa shape index (κ2) is 8.14. The SMILES string of the molecule is COc1ccc(Cn2c(C)c(CNCc3ccco3)c(C(=O)O)c2C)cc1. The Hall–Kier alpha value is -2.99. The first kappa shape index (κ1) is 18.8. The van der Waals surface area contributed by atoms with Crippen molar-refractivity contribution < 1.29 is 19.1 Å². The van der Waals surface area contributed by atoms with Crippen LogP contribution in [0.1, 0.15) is 38.6 Å². The molecule has 2 heterocycles. The third-order valence-electron chi connectivity index (χ3n) is 4.80. The molecule has 6 heteroatoms. The molecule has 142 valence electrons. The number of benzene rings is 1. The van der Waals surface area contributed by atoms with Crippen LogP contribution in [0.2, 0.25) is 0 Å². The monoisotopic (exact) mass is 368 g/mol. The summed E-state index contributed by atoms with van der Waals surface area (Å²) in [5.74, 6) is 0.714. The zero-order valence-electron chi connectivity index (χ0n) is 15.8. The Morgan fingerprint density at radius 2 is 1.89 bits per heavy atom. The van der Waals surface area contributed by atoms with Gasteiger partial charge in [-0.2, -0.15) is 0 Å². The number of carboxylic acids is 1. The number of hydrogen-bond acceptors (Lipinski definition) is 4. The Morgan fingerprint density at radius 1 is 1.15 bits per heavy atom. The van der Waals surface area contributed by atoms with Gasteiger partial charge in [-0.1, -0.05) is 12.1 Å². The van der Waals surface area contributed by atoms with Gasteiger partial charge in [0.15, 0.2) is 0 Å². The molecule has 0 aliphatic carbocycles. The molecule has 0 aliphatic heterocycles. The highest BCUT2D eigenvalue weighted by Crippen LogP contribution is 2.24. The number of furan rings is 1. The lowest BCUT2D eigenvalue weighted by Crippen LogP contribution is -2.15. The average molecular weight is 368 g/mol. The zero-order chi connectivity index (χ0) is 19.4. The van der Waals surface area contributed by atoms with Gasteiger partial charge in [0.25, 0.3) is 0 Å². The topological polar surface area (TPSA) is 76.6 Å². The van der Waals surface area contributed by atoms with E-state index in [1.54, 1.807) is 13.4 Å². The lowest BCUT2D eigenvalue weighted by atomic mass is 10.1. The summed E-state index contributed by atoms with van der Waals surface area (Å²) in [7, 11) is 1.64.